The van der Waals surface area contributed by atoms with E-state index in [0.717, 1.165) is 19.5 Å². The summed E-state index contributed by atoms with van der Waals surface area (Å²) < 4.78 is 22.3. The van der Waals surface area contributed by atoms with Crippen molar-refractivity contribution in [2.45, 2.75) is 6.42 Å². The van der Waals surface area contributed by atoms with E-state index in [9.17, 15) is 4.21 Å². The Balaban J connectivity index is 2.09. The Hall–Kier alpha value is 0.0300. The molecule has 1 atom stereocenters. The molecule has 1 unspecified atom stereocenters. The normalized spacial score (nSPS) is 24.6. The van der Waals surface area contributed by atoms with Crippen LogP contribution in [-0.4, -0.2) is 26.9 Å². The zero-order valence-electron chi connectivity index (χ0n) is 4.24. The molecule has 48 valence electrons. The van der Waals surface area contributed by atoms with Gasteiger partial charge in [0.15, 0.2) is 0 Å². The van der Waals surface area contributed by atoms with Crippen LogP contribution in [-0.2, 0) is 15.6 Å². The molecule has 1 saturated heterocycles. The maximum absolute atomic E-state index is 9.85. The number of hydrogen-bond acceptors (Lipinski definition) is 3. The van der Waals surface area contributed by atoms with E-state index in [1.807, 2.05) is 0 Å². The van der Waals surface area contributed by atoms with Crippen molar-refractivity contribution in [3.63, 3.8) is 0 Å². The van der Waals surface area contributed by atoms with E-state index in [4.69, 9.17) is 4.55 Å². The predicted octanol–water partition coefficient (Wildman–Crippen LogP) is -0.240. The van der Waals surface area contributed by atoms with Crippen LogP contribution in [0.1, 0.15) is 6.42 Å². The quantitative estimate of drug-likeness (QED) is 0.534. The minimum Gasteiger partial charge on any atom is -0.283 e. The Labute approximate surface area is 49.9 Å². The van der Waals surface area contributed by atoms with E-state index < -0.39 is 11.4 Å². The van der Waals surface area contributed by atoms with Crippen LogP contribution in [0.3, 0.4) is 0 Å². The molecule has 1 heterocycles. The molecular weight excluding hydrogens is 130 g/mol. The largest absolute Gasteiger partial charge is 0.319 e. The molecule has 0 aromatic rings. The van der Waals surface area contributed by atoms with Gasteiger partial charge in [-0.1, -0.05) is 0 Å². The molecule has 0 bridgehead atoms. The van der Waals surface area contributed by atoms with Crippen molar-refractivity contribution in [1.82, 2.24) is 5.06 Å². The second-order valence-corrected chi connectivity index (χ2v) is 2.16. The Morgan fingerprint density at radius 1 is 1.62 bits per heavy atom. The van der Waals surface area contributed by atoms with Gasteiger partial charge in [0.05, 0.1) is 0 Å². The van der Waals surface area contributed by atoms with Crippen molar-refractivity contribution >= 4 is 11.4 Å². The molecule has 0 aromatic heterocycles. The lowest BCUT2D eigenvalue weighted by atomic mass is 10.3. The molecule has 1 aliphatic rings. The Bertz CT molecular complexity index is 103. The number of hydroxylamine groups is 2. The molecular formula is C3H7NO3S. The van der Waals surface area contributed by atoms with E-state index in [2.05, 4.69) is 4.28 Å². The molecule has 1 rings (SSSR count). The van der Waals surface area contributed by atoms with Gasteiger partial charge in [0.1, 0.15) is 0 Å². The van der Waals surface area contributed by atoms with Crippen LogP contribution in [0, 0.1) is 0 Å². The molecule has 0 aromatic carbocycles. The summed E-state index contributed by atoms with van der Waals surface area (Å²) in [6.07, 6.45) is 1.05. The maximum atomic E-state index is 9.85. The first-order valence-electron chi connectivity index (χ1n) is 2.33. The molecule has 1 N–H and O–H groups in total. The Kier molecular flexibility index (Phi) is 1.95. The second-order valence-electron chi connectivity index (χ2n) is 1.57. The van der Waals surface area contributed by atoms with E-state index in [1.54, 1.807) is 0 Å². The SMILES string of the molecule is O=S(O)ON1CCC1. The summed E-state index contributed by atoms with van der Waals surface area (Å²) in [4.78, 5) is 0. The molecule has 0 aliphatic carbocycles. The van der Waals surface area contributed by atoms with Crippen LogP contribution in [0.4, 0.5) is 0 Å². The van der Waals surface area contributed by atoms with Crippen LogP contribution >= 0.6 is 0 Å². The van der Waals surface area contributed by atoms with Crippen LogP contribution in [0.5, 0.6) is 0 Å². The van der Waals surface area contributed by atoms with Crippen molar-refractivity contribution in [3.05, 3.63) is 0 Å². The first kappa shape index (κ1) is 6.15. The van der Waals surface area contributed by atoms with Crippen molar-refractivity contribution in [3.8, 4) is 0 Å². The lowest BCUT2D eigenvalue weighted by Gasteiger charge is -2.26. The van der Waals surface area contributed by atoms with Crippen molar-refractivity contribution in [2.24, 2.45) is 0 Å². The smallest absolute Gasteiger partial charge is 0.283 e. The van der Waals surface area contributed by atoms with Crippen LogP contribution in [0.15, 0.2) is 0 Å². The standard InChI is InChI=1S/C3H7NO3S/c5-8(6)7-4-2-1-3-4/h1-3H2,(H,5,6). The molecule has 0 amide bonds. The highest BCUT2D eigenvalue weighted by atomic mass is 32.2. The minimum absolute atomic E-state index is 0.770. The highest BCUT2D eigenvalue weighted by molar-refractivity contribution is 7.74. The van der Waals surface area contributed by atoms with Gasteiger partial charge in [0.25, 0.3) is 0 Å². The molecule has 5 heteroatoms. The second kappa shape index (κ2) is 2.54. The molecule has 4 nitrogen and oxygen atoms in total. The summed E-state index contributed by atoms with van der Waals surface area (Å²) in [7, 11) is 0. The fraction of sp³-hybridized carbons (Fsp3) is 1.00. The van der Waals surface area contributed by atoms with Gasteiger partial charge in [0.2, 0.25) is 0 Å². The zero-order valence-corrected chi connectivity index (χ0v) is 5.06. The summed E-state index contributed by atoms with van der Waals surface area (Å²) in [5, 5.41) is 1.45. The maximum Gasteiger partial charge on any atom is 0.319 e. The van der Waals surface area contributed by atoms with Crippen molar-refractivity contribution in [2.75, 3.05) is 13.1 Å². The summed E-state index contributed by atoms with van der Waals surface area (Å²) in [6, 6.07) is 0. The highest BCUT2D eigenvalue weighted by Gasteiger charge is 2.16. The molecule has 1 aliphatic heterocycles. The molecule has 0 radical (unpaired) electrons. The Morgan fingerprint density at radius 2 is 2.25 bits per heavy atom. The third-order valence-electron chi connectivity index (χ3n) is 0.984. The first-order chi connectivity index (χ1) is 3.79. The van der Waals surface area contributed by atoms with Gasteiger partial charge in [-0.2, -0.15) is 13.6 Å². The topological polar surface area (TPSA) is 49.8 Å². The van der Waals surface area contributed by atoms with Crippen molar-refractivity contribution < 1.29 is 13.0 Å². The van der Waals surface area contributed by atoms with Gasteiger partial charge < -0.3 is 0 Å². The number of rotatable bonds is 2. The van der Waals surface area contributed by atoms with Gasteiger partial charge in [-0.05, 0) is 6.42 Å². The third-order valence-corrected chi connectivity index (χ3v) is 1.32. The van der Waals surface area contributed by atoms with E-state index in [-0.39, 0.29) is 0 Å². The Morgan fingerprint density at radius 3 is 2.38 bits per heavy atom. The summed E-state index contributed by atoms with van der Waals surface area (Å²) in [5.41, 5.74) is 0. The fourth-order valence-corrected chi connectivity index (χ4v) is 0.781. The van der Waals surface area contributed by atoms with Crippen LogP contribution in [0.2, 0.25) is 0 Å². The third kappa shape index (κ3) is 1.52. The average Bonchev–Trinajstić information content (AvgIpc) is 1.55. The monoisotopic (exact) mass is 137 g/mol. The summed E-state index contributed by atoms with van der Waals surface area (Å²) in [6.45, 7) is 1.54. The van der Waals surface area contributed by atoms with E-state index in [1.165, 1.54) is 5.06 Å². The number of nitrogens with zero attached hydrogens (tertiary/aromatic N) is 1. The molecule has 8 heavy (non-hydrogen) atoms. The molecule has 0 spiro atoms. The first-order valence-corrected chi connectivity index (χ1v) is 3.36. The predicted molar refractivity (Wildman–Crippen MR) is 28.0 cm³/mol. The fourth-order valence-electron chi connectivity index (χ4n) is 0.452. The lowest BCUT2D eigenvalue weighted by Crippen LogP contribution is -2.37. The average molecular weight is 137 g/mol. The van der Waals surface area contributed by atoms with Gasteiger partial charge >= 0.3 is 11.4 Å². The van der Waals surface area contributed by atoms with Gasteiger partial charge in [0, 0.05) is 13.1 Å². The van der Waals surface area contributed by atoms with Crippen LogP contribution < -0.4 is 0 Å². The summed E-state index contributed by atoms with van der Waals surface area (Å²) >= 11 is -2.12. The van der Waals surface area contributed by atoms with Crippen LogP contribution in [0.25, 0.3) is 0 Å². The van der Waals surface area contributed by atoms with Gasteiger partial charge in [-0.3, -0.25) is 4.55 Å². The van der Waals surface area contributed by atoms with Crippen molar-refractivity contribution in [1.29, 1.82) is 0 Å². The van der Waals surface area contributed by atoms with Gasteiger partial charge in [-0.15, -0.1) is 0 Å². The van der Waals surface area contributed by atoms with E-state index >= 15 is 0 Å². The van der Waals surface area contributed by atoms with Gasteiger partial charge in [-0.25, -0.2) is 0 Å². The number of hydrogen-bond donors (Lipinski definition) is 1. The minimum atomic E-state index is -2.12. The highest BCUT2D eigenvalue weighted by Crippen LogP contribution is 2.05. The zero-order chi connectivity index (χ0) is 5.98. The molecule has 1 fully saturated rings. The summed E-state index contributed by atoms with van der Waals surface area (Å²) in [5.74, 6) is 0. The van der Waals surface area contributed by atoms with E-state index in [0.29, 0.717) is 0 Å². The lowest BCUT2D eigenvalue weighted by molar-refractivity contribution is -0.102. The molecule has 0 saturated carbocycles.